The van der Waals surface area contributed by atoms with Crippen LogP contribution in [0.4, 0.5) is 10.1 Å². The van der Waals surface area contributed by atoms with E-state index in [1.807, 2.05) is 32.7 Å². The van der Waals surface area contributed by atoms with Gasteiger partial charge in [0.25, 0.3) is 0 Å². The smallest absolute Gasteiger partial charge is 0.171 e. The van der Waals surface area contributed by atoms with Crippen molar-refractivity contribution in [1.82, 2.24) is 0 Å². The van der Waals surface area contributed by atoms with E-state index < -0.39 is 5.82 Å². The fraction of sp³-hybridized carbons (Fsp3) is 0.462. The lowest BCUT2D eigenvalue weighted by molar-refractivity contribution is 0.318. The van der Waals surface area contributed by atoms with Crippen LogP contribution in [0.3, 0.4) is 0 Å². The summed E-state index contributed by atoms with van der Waals surface area (Å²) >= 11 is 3.16. The topological polar surface area (TPSA) is 61.8 Å². The second-order valence-corrected chi connectivity index (χ2v) is 5.76. The van der Waals surface area contributed by atoms with Crippen molar-refractivity contribution in [3.05, 3.63) is 28.0 Å². The Morgan fingerprint density at radius 2 is 2.11 bits per heavy atom. The van der Waals surface area contributed by atoms with Gasteiger partial charge in [0.05, 0.1) is 10.2 Å². The molecule has 1 aromatic rings. The fourth-order valence-corrected chi connectivity index (χ4v) is 2.15. The van der Waals surface area contributed by atoms with Crippen molar-refractivity contribution in [2.24, 2.45) is 10.9 Å². The molecule has 0 heterocycles. The Morgan fingerprint density at radius 3 is 2.58 bits per heavy atom. The first kappa shape index (κ1) is 15.8. The summed E-state index contributed by atoms with van der Waals surface area (Å²) in [7, 11) is 1.84. The zero-order valence-electron chi connectivity index (χ0n) is 11.5. The average molecular weight is 332 g/mol. The Kier molecular flexibility index (Phi) is 4.79. The van der Waals surface area contributed by atoms with E-state index in [4.69, 9.17) is 10.9 Å². The van der Waals surface area contributed by atoms with E-state index in [-0.39, 0.29) is 15.8 Å². The van der Waals surface area contributed by atoms with Crippen LogP contribution >= 0.6 is 15.9 Å². The summed E-state index contributed by atoms with van der Waals surface area (Å²) in [6, 6.07) is 3.25. The van der Waals surface area contributed by atoms with Crippen molar-refractivity contribution in [3.8, 4) is 0 Å². The Bertz CT molecular complexity index is 503. The molecule has 0 aliphatic rings. The molecule has 0 radical (unpaired) electrons. The molecule has 0 unspecified atom stereocenters. The summed E-state index contributed by atoms with van der Waals surface area (Å²) in [4.78, 5) is 1.88. The minimum atomic E-state index is -0.423. The molecule has 0 aliphatic carbocycles. The van der Waals surface area contributed by atoms with Crippen LogP contribution in [0.1, 0.15) is 32.8 Å². The fourth-order valence-electron chi connectivity index (χ4n) is 1.61. The highest BCUT2D eigenvalue weighted by molar-refractivity contribution is 9.10. The summed E-state index contributed by atoms with van der Waals surface area (Å²) in [6.45, 7) is 6.13. The summed E-state index contributed by atoms with van der Waals surface area (Å²) in [6.07, 6.45) is 0.878. The third kappa shape index (κ3) is 3.00. The van der Waals surface area contributed by atoms with E-state index in [0.29, 0.717) is 11.3 Å². The minimum absolute atomic E-state index is 0.130. The van der Waals surface area contributed by atoms with Crippen molar-refractivity contribution in [2.75, 3.05) is 11.9 Å². The lowest BCUT2D eigenvalue weighted by Crippen LogP contribution is -2.41. The van der Waals surface area contributed by atoms with Crippen LogP contribution < -0.4 is 10.6 Å². The quantitative estimate of drug-likeness (QED) is 0.385. The molecule has 0 aliphatic heterocycles. The average Bonchev–Trinajstić information content (AvgIpc) is 2.40. The largest absolute Gasteiger partial charge is 0.409 e. The van der Waals surface area contributed by atoms with Gasteiger partial charge in [-0.3, -0.25) is 0 Å². The van der Waals surface area contributed by atoms with Crippen molar-refractivity contribution >= 4 is 27.5 Å². The molecular formula is C13H19BrFN3O. The first-order valence-corrected chi connectivity index (χ1v) is 6.75. The van der Waals surface area contributed by atoms with E-state index in [0.717, 1.165) is 6.42 Å². The van der Waals surface area contributed by atoms with Crippen molar-refractivity contribution in [3.63, 3.8) is 0 Å². The van der Waals surface area contributed by atoms with E-state index in [1.54, 1.807) is 12.1 Å². The lowest BCUT2D eigenvalue weighted by Gasteiger charge is -2.37. The Labute approximate surface area is 121 Å². The van der Waals surface area contributed by atoms with Crippen LogP contribution in [0.2, 0.25) is 0 Å². The zero-order valence-corrected chi connectivity index (χ0v) is 13.1. The lowest BCUT2D eigenvalue weighted by atomic mass is 9.98. The van der Waals surface area contributed by atoms with E-state index >= 15 is 0 Å². The van der Waals surface area contributed by atoms with Gasteiger partial charge in [0, 0.05) is 18.2 Å². The SMILES string of the molecule is CCC(C)(C)N(C)c1ccc(/C(N)=N/O)c(Br)c1F. The summed E-state index contributed by atoms with van der Waals surface area (Å²) < 4.78 is 14.6. The maximum Gasteiger partial charge on any atom is 0.171 e. The van der Waals surface area contributed by atoms with Gasteiger partial charge in [-0.2, -0.15) is 0 Å². The predicted molar refractivity (Wildman–Crippen MR) is 79.4 cm³/mol. The molecule has 1 aromatic carbocycles. The van der Waals surface area contributed by atoms with Gasteiger partial charge in [-0.25, -0.2) is 4.39 Å². The highest BCUT2D eigenvalue weighted by Gasteiger charge is 2.25. The van der Waals surface area contributed by atoms with Crippen LogP contribution in [0.5, 0.6) is 0 Å². The maximum absolute atomic E-state index is 14.4. The van der Waals surface area contributed by atoms with Crippen molar-refractivity contribution < 1.29 is 9.60 Å². The molecule has 0 amide bonds. The summed E-state index contributed by atoms with van der Waals surface area (Å²) in [5.74, 6) is -0.553. The summed E-state index contributed by atoms with van der Waals surface area (Å²) in [5.41, 5.74) is 6.11. The molecule has 0 fully saturated rings. The zero-order chi connectivity index (χ0) is 14.8. The molecular weight excluding hydrogens is 313 g/mol. The number of rotatable bonds is 4. The molecule has 3 N–H and O–H groups in total. The van der Waals surface area contributed by atoms with Crippen LogP contribution in [-0.4, -0.2) is 23.6 Å². The molecule has 106 valence electrons. The number of nitrogens with zero attached hydrogens (tertiary/aromatic N) is 2. The van der Waals surface area contributed by atoms with E-state index in [9.17, 15) is 4.39 Å². The minimum Gasteiger partial charge on any atom is -0.409 e. The molecule has 0 saturated carbocycles. The molecule has 0 bridgehead atoms. The van der Waals surface area contributed by atoms with Gasteiger partial charge in [-0.15, -0.1) is 0 Å². The molecule has 4 nitrogen and oxygen atoms in total. The van der Waals surface area contributed by atoms with Gasteiger partial charge >= 0.3 is 0 Å². The van der Waals surface area contributed by atoms with Crippen molar-refractivity contribution in [2.45, 2.75) is 32.7 Å². The number of halogens is 2. The summed E-state index contributed by atoms with van der Waals surface area (Å²) in [5, 5.41) is 11.5. The number of oxime groups is 1. The molecule has 1 rings (SSSR count). The number of amidine groups is 1. The third-order valence-corrected chi connectivity index (χ3v) is 4.36. The molecule has 0 spiro atoms. The van der Waals surface area contributed by atoms with Gasteiger partial charge in [0.15, 0.2) is 11.7 Å². The maximum atomic E-state index is 14.4. The highest BCUT2D eigenvalue weighted by atomic mass is 79.9. The molecule has 0 saturated heterocycles. The van der Waals surface area contributed by atoms with Crippen LogP contribution in [0, 0.1) is 5.82 Å². The second kappa shape index (κ2) is 5.77. The van der Waals surface area contributed by atoms with Crippen LogP contribution in [0.25, 0.3) is 0 Å². The Hall–Kier alpha value is -1.30. The third-order valence-electron chi connectivity index (χ3n) is 3.58. The van der Waals surface area contributed by atoms with Crippen LogP contribution in [-0.2, 0) is 0 Å². The monoisotopic (exact) mass is 331 g/mol. The molecule has 0 atom stereocenters. The van der Waals surface area contributed by atoms with Gasteiger partial charge < -0.3 is 15.8 Å². The van der Waals surface area contributed by atoms with Crippen molar-refractivity contribution in [1.29, 1.82) is 0 Å². The van der Waals surface area contributed by atoms with Gasteiger partial charge in [0.1, 0.15) is 0 Å². The molecule has 6 heteroatoms. The molecule has 19 heavy (non-hydrogen) atoms. The number of nitrogens with two attached hydrogens (primary N) is 1. The normalized spacial score (nSPS) is 12.6. The Balaban J connectivity index is 3.31. The number of anilines is 1. The number of benzene rings is 1. The van der Waals surface area contributed by atoms with Gasteiger partial charge in [-0.05, 0) is 48.3 Å². The first-order chi connectivity index (χ1) is 8.76. The number of hydrogen-bond acceptors (Lipinski definition) is 3. The second-order valence-electron chi connectivity index (χ2n) is 4.97. The van der Waals surface area contributed by atoms with E-state index in [2.05, 4.69) is 21.1 Å². The van der Waals surface area contributed by atoms with Gasteiger partial charge in [0.2, 0.25) is 0 Å². The molecule has 0 aromatic heterocycles. The Morgan fingerprint density at radius 1 is 1.53 bits per heavy atom. The van der Waals surface area contributed by atoms with Crippen LogP contribution in [0.15, 0.2) is 21.8 Å². The van der Waals surface area contributed by atoms with Gasteiger partial charge in [-0.1, -0.05) is 12.1 Å². The van der Waals surface area contributed by atoms with E-state index in [1.165, 1.54) is 0 Å². The number of hydrogen-bond donors (Lipinski definition) is 2. The standard InChI is InChI=1S/C13H19BrFN3O/c1-5-13(2,3)18(4)9-7-6-8(12(16)17-19)10(14)11(9)15/h6-7,19H,5H2,1-4H3,(H2,16,17). The first-order valence-electron chi connectivity index (χ1n) is 5.96. The highest BCUT2D eigenvalue weighted by Crippen LogP contribution is 2.33. The predicted octanol–water partition coefficient (Wildman–Crippen LogP) is 3.31.